The van der Waals surface area contributed by atoms with E-state index in [-0.39, 0.29) is 0 Å². The molecule has 0 amide bonds. The van der Waals surface area contributed by atoms with Crippen LogP contribution in [-0.4, -0.2) is 22.4 Å². The molecule has 0 spiro atoms. The second-order valence-corrected chi connectivity index (χ2v) is 5.23. The number of nitrogens with zero attached hydrogens (tertiary/aromatic N) is 2. The summed E-state index contributed by atoms with van der Waals surface area (Å²) in [6.45, 7) is 12.1. The van der Waals surface area contributed by atoms with Gasteiger partial charge >= 0.3 is 0 Å². The Hall–Kier alpha value is -1.03. The van der Waals surface area contributed by atoms with Crippen molar-refractivity contribution in [1.82, 2.24) is 15.1 Å². The summed E-state index contributed by atoms with van der Waals surface area (Å²) in [6, 6.07) is 0.465. The van der Waals surface area contributed by atoms with Gasteiger partial charge in [0.1, 0.15) is 0 Å². The molecule has 4 nitrogen and oxygen atoms in total. The molecule has 1 heterocycles. The van der Waals surface area contributed by atoms with E-state index in [9.17, 15) is 0 Å². The van der Waals surface area contributed by atoms with E-state index >= 15 is 0 Å². The van der Waals surface area contributed by atoms with E-state index < -0.39 is 0 Å². The summed E-state index contributed by atoms with van der Waals surface area (Å²) in [6.07, 6.45) is 0. The predicted molar refractivity (Wildman–Crippen MR) is 70.3 cm³/mol. The van der Waals surface area contributed by atoms with E-state index in [1.54, 1.807) is 0 Å². The predicted octanol–water partition coefficient (Wildman–Crippen LogP) is 2.26. The van der Waals surface area contributed by atoms with Crippen molar-refractivity contribution < 1.29 is 4.74 Å². The number of aromatic nitrogens is 2. The summed E-state index contributed by atoms with van der Waals surface area (Å²) >= 11 is 0. The van der Waals surface area contributed by atoms with Crippen molar-refractivity contribution >= 4 is 0 Å². The lowest BCUT2D eigenvalue weighted by atomic mass is 10.2. The van der Waals surface area contributed by atoms with Gasteiger partial charge in [0.25, 0.3) is 0 Å². The minimum Gasteiger partial charge on any atom is -0.477 e. The summed E-state index contributed by atoms with van der Waals surface area (Å²) in [5, 5.41) is 7.83. The van der Waals surface area contributed by atoms with Crippen LogP contribution in [0.25, 0.3) is 0 Å². The highest BCUT2D eigenvalue weighted by Crippen LogP contribution is 2.21. The Balaban J connectivity index is 2.78. The van der Waals surface area contributed by atoms with Crippen molar-refractivity contribution in [1.29, 1.82) is 0 Å². The highest BCUT2D eigenvalue weighted by atomic mass is 16.5. The second kappa shape index (κ2) is 6.05. The molecule has 0 aliphatic rings. The molecule has 0 saturated heterocycles. The van der Waals surface area contributed by atoms with Gasteiger partial charge in [0.05, 0.1) is 17.9 Å². The SMILES string of the molecule is Cc1nn(C)c(OCC(C)C)c1CNC(C)C. The Morgan fingerprint density at radius 1 is 1.29 bits per heavy atom. The number of ether oxygens (including phenoxy) is 1. The van der Waals surface area contributed by atoms with Gasteiger partial charge in [-0.2, -0.15) is 5.10 Å². The molecule has 1 rings (SSSR count). The van der Waals surface area contributed by atoms with Crippen LogP contribution in [-0.2, 0) is 13.6 Å². The van der Waals surface area contributed by atoms with Gasteiger partial charge in [0, 0.05) is 19.6 Å². The third kappa shape index (κ3) is 4.04. The third-order valence-corrected chi connectivity index (χ3v) is 2.53. The molecule has 1 N–H and O–H groups in total. The molecule has 0 atom stereocenters. The number of aryl methyl sites for hydroxylation is 2. The van der Waals surface area contributed by atoms with Crippen LogP contribution in [0.5, 0.6) is 5.88 Å². The number of nitrogens with one attached hydrogen (secondary N) is 1. The van der Waals surface area contributed by atoms with Gasteiger partial charge in [-0.1, -0.05) is 27.7 Å². The lowest BCUT2D eigenvalue weighted by Gasteiger charge is -2.12. The number of hydrogen-bond donors (Lipinski definition) is 1. The van der Waals surface area contributed by atoms with Crippen molar-refractivity contribution in [3.8, 4) is 5.88 Å². The highest BCUT2D eigenvalue weighted by Gasteiger charge is 2.15. The van der Waals surface area contributed by atoms with E-state index in [1.165, 1.54) is 5.56 Å². The Bertz CT molecular complexity index is 323. The first-order chi connectivity index (χ1) is 7.91. The quantitative estimate of drug-likeness (QED) is 0.827. The average molecular weight is 239 g/mol. The number of rotatable bonds is 6. The molecule has 98 valence electrons. The molecule has 0 aliphatic carbocycles. The molecule has 0 saturated carbocycles. The van der Waals surface area contributed by atoms with Crippen LogP contribution in [0.3, 0.4) is 0 Å². The summed E-state index contributed by atoms with van der Waals surface area (Å²) in [7, 11) is 1.93. The first-order valence-corrected chi connectivity index (χ1v) is 6.30. The first kappa shape index (κ1) is 14.0. The Labute approximate surface area is 104 Å². The van der Waals surface area contributed by atoms with Crippen LogP contribution in [0.4, 0.5) is 0 Å². The Morgan fingerprint density at radius 3 is 2.47 bits per heavy atom. The fourth-order valence-corrected chi connectivity index (χ4v) is 1.62. The van der Waals surface area contributed by atoms with Crippen molar-refractivity contribution in [3.05, 3.63) is 11.3 Å². The van der Waals surface area contributed by atoms with Gasteiger partial charge < -0.3 is 10.1 Å². The van der Waals surface area contributed by atoms with Crippen LogP contribution in [0.15, 0.2) is 0 Å². The topological polar surface area (TPSA) is 39.1 Å². The second-order valence-electron chi connectivity index (χ2n) is 5.23. The zero-order chi connectivity index (χ0) is 13.0. The minimum atomic E-state index is 0.465. The first-order valence-electron chi connectivity index (χ1n) is 6.30. The van der Waals surface area contributed by atoms with E-state index in [4.69, 9.17) is 4.74 Å². The van der Waals surface area contributed by atoms with E-state index in [2.05, 4.69) is 38.1 Å². The molecular formula is C13H25N3O. The van der Waals surface area contributed by atoms with E-state index in [0.717, 1.165) is 24.7 Å². The lowest BCUT2D eigenvalue weighted by molar-refractivity contribution is 0.247. The highest BCUT2D eigenvalue weighted by molar-refractivity contribution is 5.30. The van der Waals surface area contributed by atoms with Crippen LogP contribution < -0.4 is 10.1 Å². The van der Waals surface area contributed by atoms with Gasteiger partial charge in [-0.15, -0.1) is 0 Å². The van der Waals surface area contributed by atoms with Crippen molar-refractivity contribution in [2.24, 2.45) is 13.0 Å². The third-order valence-electron chi connectivity index (χ3n) is 2.53. The molecule has 1 aromatic rings. The molecule has 0 unspecified atom stereocenters. The maximum Gasteiger partial charge on any atom is 0.216 e. The molecule has 0 aliphatic heterocycles. The zero-order valence-corrected chi connectivity index (χ0v) is 11.9. The molecule has 17 heavy (non-hydrogen) atoms. The summed E-state index contributed by atoms with van der Waals surface area (Å²) in [5.74, 6) is 1.42. The van der Waals surface area contributed by atoms with Crippen molar-refractivity contribution in [3.63, 3.8) is 0 Å². The maximum atomic E-state index is 5.84. The van der Waals surface area contributed by atoms with Gasteiger partial charge in [0.15, 0.2) is 0 Å². The minimum absolute atomic E-state index is 0.465. The Kier molecular flexibility index (Phi) is 5.00. The van der Waals surface area contributed by atoms with Crippen LogP contribution in [0.1, 0.15) is 39.0 Å². The summed E-state index contributed by atoms with van der Waals surface area (Å²) < 4.78 is 7.67. The van der Waals surface area contributed by atoms with Crippen molar-refractivity contribution in [2.75, 3.05) is 6.61 Å². The van der Waals surface area contributed by atoms with Crippen LogP contribution >= 0.6 is 0 Å². The van der Waals surface area contributed by atoms with Gasteiger partial charge in [-0.25, -0.2) is 4.68 Å². The normalized spacial score (nSPS) is 11.5. The average Bonchev–Trinajstić information content (AvgIpc) is 2.47. The summed E-state index contributed by atoms with van der Waals surface area (Å²) in [4.78, 5) is 0. The molecule has 0 bridgehead atoms. The zero-order valence-electron chi connectivity index (χ0n) is 11.9. The smallest absolute Gasteiger partial charge is 0.216 e. The molecule has 1 aromatic heterocycles. The van der Waals surface area contributed by atoms with Gasteiger partial charge in [0.2, 0.25) is 5.88 Å². The molecular weight excluding hydrogens is 214 g/mol. The van der Waals surface area contributed by atoms with Crippen molar-refractivity contribution in [2.45, 2.75) is 47.2 Å². The standard InChI is InChI=1S/C13H25N3O/c1-9(2)8-17-13-12(7-14-10(3)4)11(5)15-16(13)6/h9-10,14H,7-8H2,1-6H3. The lowest BCUT2D eigenvalue weighted by Crippen LogP contribution is -2.22. The fraction of sp³-hybridized carbons (Fsp3) is 0.769. The molecule has 0 radical (unpaired) electrons. The van der Waals surface area contributed by atoms with Gasteiger partial charge in [-0.05, 0) is 12.8 Å². The van der Waals surface area contributed by atoms with E-state index in [1.807, 2.05) is 18.7 Å². The fourth-order valence-electron chi connectivity index (χ4n) is 1.62. The monoisotopic (exact) mass is 239 g/mol. The molecule has 4 heteroatoms. The van der Waals surface area contributed by atoms with Crippen LogP contribution in [0, 0.1) is 12.8 Å². The summed E-state index contributed by atoms with van der Waals surface area (Å²) in [5.41, 5.74) is 2.21. The van der Waals surface area contributed by atoms with E-state index in [0.29, 0.717) is 12.0 Å². The number of hydrogen-bond acceptors (Lipinski definition) is 3. The van der Waals surface area contributed by atoms with Gasteiger partial charge in [-0.3, -0.25) is 0 Å². The molecule has 0 aromatic carbocycles. The molecule has 0 fully saturated rings. The van der Waals surface area contributed by atoms with Crippen LogP contribution in [0.2, 0.25) is 0 Å². The largest absolute Gasteiger partial charge is 0.477 e. The maximum absolute atomic E-state index is 5.84. The Morgan fingerprint density at radius 2 is 1.94 bits per heavy atom.